The van der Waals surface area contributed by atoms with Crippen LogP contribution in [-0.2, 0) is 17.9 Å². The Bertz CT molecular complexity index is 1670. The van der Waals surface area contributed by atoms with Crippen molar-refractivity contribution in [1.82, 2.24) is 14.5 Å². The van der Waals surface area contributed by atoms with Crippen molar-refractivity contribution in [2.24, 2.45) is 0 Å². The molecule has 0 fully saturated rings. The number of aromatic nitrogens is 3. The first-order chi connectivity index (χ1) is 16.5. The van der Waals surface area contributed by atoms with E-state index in [4.69, 9.17) is 16.3 Å². The minimum Gasteiger partial charge on any atom is -0.454 e. The normalized spacial score (nSPS) is 10.9. The monoisotopic (exact) mass is 486 g/mol. The fourth-order valence-electron chi connectivity index (χ4n) is 3.69. The Kier molecular flexibility index (Phi) is 5.80. The Morgan fingerprint density at radius 2 is 1.74 bits per heavy atom. The Labute approximate surface area is 202 Å². The van der Waals surface area contributed by atoms with Crippen LogP contribution < -0.4 is 5.56 Å². The first kappa shape index (κ1) is 21.8. The molecule has 166 valence electrons. The molecule has 0 N–H and O–H groups in total. The number of nitriles is 1. The number of benzene rings is 2. The van der Waals surface area contributed by atoms with Gasteiger partial charge in [0.25, 0.3) is 5.56 Å². The fraction of sp³-hybridized carbons (Fsp3) is 0.0800. The number of hydrogen-bond donors (Lipinski definition) is 0. The molecule has 0 aliphatic carbocycles. The summed E-state index contributed by atoms with van der Waals surface area (Å²) < 4.78 is 7.43. The molecule has 0 saturated heterocycles. The van der Waals surface area contributed by atoms with Gasteiger partial charge in [-0.15, -0.1) is 11.3 Å². The molecule has 5 aromatic rings. The maximum Gasteiger partial charge on any atom is 0.339 e. The van der Waals surface area contributed by atoms with E-state index in [9.17, 15) is 14.9 Å². The molecule has 3 aromatic heterocycles. The third-order valence-electron chi connectivity index (χ3n) is 5.26. The van der Waals surface area contributed by atoms with Gasteiger partial charge in [-0.1, -0.05) is 41.9 Å². The number of fused-ring (bicyclic) bond motifs is 2. The van der Waals surface area contributed by atoms with Gasteiger partial charge in [0.1, 0.15) is 13.2 Å². The molecule has 7 nitrogen and oxygen atoms in total. The van der Waals surface area contributed by atoms with E-state index in [0.29, 0.717) is 37.4 Å². The minimum absolute atomic E-state index is 0.197. The number of thiophene rings is 1. The summed E-state index contributed by atoms with van der Waals surface area (Å²) in [5, 5.41) is 10.2. The van der Waals surface area contributed by atoms with Gasteiger partial charge in [-0.3, -0.25) is 9.36 Å². The predicted molar refractivity (Wildman–Crippen MR) is 131 cm³/mol. The van der Waals surface area contributed by atoms with Gasteiger partial charge in [-0.25, -0.2) is 14.8 Å². The van der Waals surface area contributed by atoms with Crippen molar-refractivity contribution in [1.29, 1.82) is 5.26 Å². The van der Waals surface area contributed by atoms with Crippen molar-refractivity contribution in [3.8, 4) is 16.6 Å². The number of esters is 1. The standard InChI is InChI=1S/C25H15ClN4O3S/c26-22-10-9-21(34-22)20-13-17(15-5-1-3-7-18(15)28-20)25(32)33-14-23-29-19-8-4-2-6-16(19)24(31)30(23)12-11-27/h1-10,13H,12,14H2. The first-order valence-corrected chi connectivity index (χ1v) is 11.4. The van der Waals surface area contributed by atoms with Crippen LogP contribution in [0.25, 0.3) is 32.4 Å². The van der Waals surface area contributed by atoms with Gasteiger partial charge in [-0.2, -0.15) is 5.26 Å². The van der Waals surface area contributed by atoms with Crippen LogP contribution in [0, 0.1) is 11.3 Å². The summed E-state index contributed by atoms with van der Waals surface area (Å²) in [6.45, 7) is -0.470. The number of nitrogens with zero attached hydrogens (tertiary/aromatic N) is 4. The molecule has 5 rings (SSSR count). The van der Waals surface area contributed by atoms with E-state index in [2.05, 4.69) is 9.97 Å². The number of ether oxygens (including phenoxy) is 1. The molecule has 9 heteroatoms. The van der Waals surface area contributed by atoms with E-state index in [1.807, 2.05) is 30.3 Å². The number of pyridine rings is 1. The minimum atomic E-state index is -0.589. The molecule has 0 bridgehead atoms. The van der Waals surface area contributed by atoms with Crippen LogP contribution in [0.2, 0.25) is 4.34 Å². The Balaban J connectivity index is 1.53. The van der Waals surface area contributed by atoms with Crippen LogP contribution in [0.3, 0.4) is 0 Å². The highest BCUT2D eigenvalue weighted by atomic mass is 35.5. The highest BCUT2D eigenvalue weighted by Crippen LogP contribution is 2.32. The molecule has 2 aromatic carbocycles. The zero-order chi connectivity index (χ0) is 23.7. The molecular formula is C25H15ClN4O3S. The molecule has 0 aliphatic heterocycles. The second-order valence-electron chi connectivity index (χ2n) is 7.35. The molecule has 0 spiro atoms. The molecule has 3 heterocycles. The lowest BCUT2D eigenvalue weighted by Gasteiger charge is -2.12. The van der Waals surface area contributed by atoms with E-state index >= 15 is 0 Å². The van der Waals surface area contributed by atoms with Crippen LogP contribution >= 0.6 is 22.9 Å². The van der Waals surface area contributed by atoms with Crippen LogP contribution in [-0.4, -0.2) is 20.5 Å². The van der Waals surface area contributed by atoms with Crippen molar-refractivity contribution >= 4 is 50.7 Å². The Hall–Kier alpha value is -4.06. The number of halogens is 1. The molecule has 34 heavy (non-hydrogen) atoms. The average Bonchev–Trinajstić information content (AvgIpc) is 3.30. The van der Waals surface area contributed by atoms with Crippen LogP contribution in [0.5, 0.6) is 0 Å². The molecule has 0 aliphatic rings. The van der Waals surface area contributed by atoms with Gasteiger partial charge in [0.2, 0.25) is 0 Å². The van der Waals surface area contributed by atoms with E-state index in [0.717, 1.165) is 4.88 Å². The molecule has 0 unspecified atom stereocenters. The predicted octanol–water partition coefficient (Wildman–Crippen LogP) is 5.21. The van der Waals surface area contributed by atoms with Crippen LogP contribution in [0.15, 0.2) is 71.5 Å². The van der Waals surface area contributed by atoms with Crippen molar-refractivity contribution < 1.29 is 9.53 Å². The van der Waals surface area contributed by atoms with Gasteiger partial charge < -0.3 is 4.74 Å². The van der Waals surface area contributed by atoms with Gasteiger partial charge in [0.15, 0.2) is 5.82 Å². The Morgan fingerprint density at radius 3 is 2.44 bits per heavy atom. The smallest absolute Gasteiger partial charge is 0.339 e. The quantitative estimate of drug-likeness (QED) is 0.316. The SMILES string of the molecule is N#CCn1c(COC(=O)c2cc(-c3ccc(Cl)s3)nc3ccccc23)nc2ccccc2c1=O. The number of carbonyl (C=O) groups is 1. The molecule has 0 atom stereocenters. The fourth-order valence-corrected chi connectivity index (χ4v) is 4.69. The zero-order valence-electron chi connectivity index (χ0n) is 17.6. The van der Waals surface area contributed by atoms with Gasteiger partial charge in [0.05, 0.1) is 43.0 Å². The second-order valence-corrected chi connectivity index (χ2v) is 9.06. The highest BCUT2D eigenvalue weighted by Gasteiger charge is 2.18. The van der Waals surface area contributed by atoms with E-state index in [1.54, 1.807) is 42.5 Å². The van der Waals surface area contributed by atoms with Crippen molar-refractivity contribution in [2.75, 3.05) is 0 Å². The number of para-hydroxylation sites is 2. The first-order valence-electron chi connectivity index (χ1n) is 10.2. The maximum atomic E-state index is 13.2. The van der Waals surface area contributed by atoms with Crippen LogP contribution in [0.1, 0.15) is 16.2 Å². The summed E-state index contributed by atoms with van der Waals surface area (Å²) in [6.07, 6.45) is 0. The molecule has 0 saturated carbocycles. The van der Waals surface area contributed by atoms with E-state index in [1.165, 1.54) is 15.9 Å². The largest absolute Gasteiger partial charge is 0.454 e. The summed E-state index contributed by atoms with van der Waals surface area (Å²) >= 11 is 7.45. The van der Waals surface area contributed by atoms with Gasteiger partial charge in [0, 0.05) is 5.39 Å². The highest BCUT2D eigenvalue weighted by molar-refractivity contribution is 7.19. The van der Waals surface area contributed by atoms with Crippen LogP contribution in [0.4, 0.5) is 0 Å². The molecular weight excluding hydrogens is 472 g/mol. The maximum absolute atomic E-state index is 13.2. The van der Waals surface area contributed by atoms with Crippen molar-refractivity contribution in [3.05, 3.63) is 92.8 Å². The van der Waals surface area contributed by atoms with Gasteiger partial charge >= 0.3 is 5.97 Å². The lowest BCUT2D eigenvalue weighted by Crippen LogP contribution is -2.26. The summed E-state index contributed by atoms with van der Waals surface area (Å²) in [4.78, 5) is 36.0. The number of rotatable bonds is 5. The van der Waals surface area contributed by atoms with E-state index in [-0.39, 0.29) is 24.5 Å². The summed E-state index contributed by atoms with van der Waals surface area (Å²) in [6, 6.07) is 21.4. The average molecular weight is 487 g/mol. The third kappa shape index (κ3) is 4.03. The summed E-state index contributed by atoms with van der Waals surface area (Å²) in [5.41, 5.74) is 1.69. The number of carbonyl (C=O) groups excluding carboxylic acids is 1. The molecule has 0 radical (unpaired) electrons. The zero-order valence-corrected chi connectivity index (χ0v) is 19.1. The lowest BCUT2D eigenvalue weighted by molar-refractivity contribution is 0.0459. The molecule has 0 amide bonds. The second kappa shape index (κ2) is 9.06. The number of hydrogen-bond acceptors (Lipinski definition) is 7. The third-order valence-corrected chi connectivity index (χ3v) is 6.52. The lowest BCUT2D eigenvalue weighted by atomic mass is 10.1. The Morgan fingerprint density at radius 1 is 1.03 bits per heavy atom. The van der Waals surface area contributed by atoms with Gasteiger partial charge in [-0.05, 0) is 36.4 Å². The van der Waals surface area contributed by atoms with Crippen molar-refractivity contribution in [2.45, 2.75) is 13.2 Å². The summed E-state index contributed by atoms with van der Waals surface area (Å²) in [5.74, 6) is -0.393. The summed E-state index contributed by atoms with van der Waals surface area (Å²) in [7, 11) is 0. The van der Waals surface area contributed by atoms with Crippen molar-refractivity contribution in [3.63, 3.8) is 0 Å². The van der Waals surface area contributed by atoms with E-state index < -0.39 is 5.97 Å². The topological polar surface area (TPSA) is 97.9 Å².